The molecule has 0 spiro atoms. The highest BCUT2D eigenvalue weighted by Crippen LogP contribution is 2.28. The van der Waals surface area contributed by atoms with Gasteiger partial charge in [-0.2, -0.15) is 0 Å². The molecule has 0 saturated heterocycles. The molecule has 0 aliphatic heterocycles. The second-order valence-corrected chi connectivity index (χ2v) is 5.44. The van der Waals surface area contributed by atoms with Gasteiger partial charge in [0.15, 0.2) is 5.82 Å². The number of imidazole rings is 1. The van der Waals surface area contributed by atoms with Crippen molar-refractivity contribution in [3.8, 4) is 5.69 Å². The van der Waals surface area contributed by atoms with Crippen LogP contribution in [-0.4, -0.2) is 9.55 Å². The van der Waals surface area contributed by atoms with E-state index in [2.05, 4.69) is 20.9 Å². The highest BCUT2D eigenvalue weighted by molar-refractivity contribution is 9.10. The zero-order valence-electron chi connectivity index (χ0n) is 10.4. The molecule has 108 valence electrons. The topological polar surface area (TPSA) is 17.8 Å². The van der Waals surface area contributed by atoms with Crippen LogP contribution in [0.4, 0.5) is 13.2 Å². The molecule has 7 heteroatoms. The Bertz CT molecular complexity index is 848. The second kappa shape index (κ2) is 5.35. The number of aromatic nitrogens is 2. The van der Waals surface area contributed by atoms with E-state index in [0.29, 0.717) is 5.52 Å². The van der Waals surface area contributed by atoms with E-state index in [4.69, 9.17) is 11.6 Å². The summed E-state index contributed by atoms with van der Waals surface area (Å²) in [5.41, 5.74) is 0.321. The molecule has 0 radical (unpaired) electrons. The Morgan fingerprint density at radius 2 is 1.86 bits per heavy atom. The summed E-state index contributed by atoms with van der Waals surface area (Å²) in [6.45, 7) is 0. The van der Waals surface area contributed by atoms with E-state index in [9.17, 15) is 13.2 Å². The summed E-state index contributed by atoms with van der Waals surface area (Å²) in [7, 11) is 0. The van der Waals surface area contributed by atoms with Crippen LogP contribution < -0.4 is 0 Å². The number of alkyl halides is 1. The second-order valence-electron chi connectivity index (χ2n) is 4.32. The quantitative estimate of drug-likeness (QED) is 0.458. The van der Waals surface area contributed by atoms with Crippen molar-refractivity contribution in [3.05, 3.63) is 58.1 Å². The molecular formula is C14H7BrClF3N2. The third-order valence-corrected chi connectivity index (χ3v) is 3.90. The van der Waals surface area contributed by atoms with Crippen LogP contribution in [0, 0.1) is 17.5 Å². The molecule has 0 saturated carbocycles. The third-order valence-electron chi connectivity index (χ3n) is 3.06. The zero-order valence-corrected chi connectivity index (χ0v) is 12.7. The third kappa shape index (κ3) is 2.32. The number of fused-ring (bicyclic) bond motifs is 1. The molecule has 3 aromatic rings. The highest BCUT2D eigenvalue weighted by atomic mass is 79.9. The van der Waals surface area contributed by atoms with Crippen molar-refractivity contribution >= 4 is 38.6 Å². The van der Waals surface area contributed by atoms with Crippen molar-refractivity contribution in [1.82, 2.24) is 9.55 Å². The summed E-state index contributed by atoms with van der Waals surface area (Å²) in [5, 5.41) is 0. The Labute approximate surface area is 131 Å². The van der Waals surface area contributed by atoms with Gasteiger partial charge in [0.05, 0.1) is 21.6 Å². The molecular weight excluding hydrogens is 369 g/mol. The number of hydrogen-bond acceptors (Lipinski definition) is 1. The van der Waals surface area contributed by atoms with Crippen LogP contribution in [0.3, 0.4) is 0 Å². The van der Waals surface area contributed by atoms with Crippen molar-refractivity contribution < 1.29 is 13.2 Å². The average Bonchev–Trinajstić information content (AvgIpc) is 2.83. The van der Waals surface area contributed by atoms with Crippen LogP contribution in [0.1, 0.15) is 5.82 Å². The summed E-state index contributed by atoms with van der Waals surface area (Å²) in [6.07, 6.45) is 0. The van der Waals surface area contributed by atoms with E-state index in [1.165, 1.54) is 16.7 Å². The predicted molar refractivity (Wildman–Crippen MR) is 78.2 cm³/mol. The van der Waals surface area contributed by atoms with E-state index in [1.807, 2.05) is 0 Å². The molecule has 0 aliphatic carbocycles. The molecule has 2 aromatic carbocycles. The van der Waals surface area contributed by atoms with Crippen molar-refractivity contribution in [2.75, 3.05) is 0 Å². The first-order chi connectivity index (χ1) is 10.0. The number of rotatable bonds is 2. The first-order valence-corrected chi connectivity index (χ1v) is 7.22. The summed E-state index contributed by atoms with van der Waals surface area (Å²) in [5.74, 6) is -1.68. The summed E-state index contributed by atoms with van der Waals surface area (Å²) < 4.78 is 43.0. The fraction of sp³-hybridized carbons (Fsp3) is 0.0714. The minimum absolute atomic E-state index is 0.00627. The Kier molecular flexibility index (Phi) is 3.67. The van der Waals surface area contributed by atoms with Gasteiger partial charge in [-0.15, -0.1) is 11.6 Å². The molecule has 0 fully saturated rings. The molecule has 3 rings (SSSR count). The maximum Gasteiger partial charge on any atom is 0.151 e. The standard InChI is InChI=1S/C14H7BrClF3N2/c15-7-4-10(19)12(5-9(7)18)21-11-3-1-2-8(17)14(11)20-13(21)6-16/h1-5H,6H2. The molecule has 0 bridgehead atoms. The lowest BCUT2D eigenvalue weighted by atomic mass is 10.2. The molecule has 0 amide bonds. The Balaban J connectivity index is 2.39. The number of nitrogens with zero attached hydrogens (tertiary/aromatic N) is 2. The number of hydrogen-bond donors (Lipinski definition) is 0. The van der Waals surface area contributed by atoms with Gasteiger partial charge >= 0.3 is 0 Å². The van der Waals surface area contributed by atoms with Crippen molar-refractivity contribution in [3.63, 3.8) is 0 Å². The van der Waals surface area contributed by atoms with Gasteiger partial charge in [0, 0.05) is 6.07 Å². The smallest absolute Gasteiger partial charge is 0.151 e. The lowest BCUT2D eigenvalue weighted by molar-refractivity contribution is 0.587. The van der Waals surface area contributed by atoms with Gasteiger partial charge in [-0.1, -0.05) is 6.07 Å². The maximum atomic E-state index is 14.2. The van der Waals surface area contributed by atoms with E-state index in [0.717, 1.165) is 12.1 Å². The van der Waals surface area contributed by atoms with Crippen LogP contribution >= 0.6 is 27.5 Å². The fourth-order valence-corrected chi connectivity index (χ4v) is 2.65. The Hall–Kier alpha value is -1.53. The van der Waals surface area contributed by atoms with Gasteiger partial charge in [0.1, 0.15) is 23.0 Å². The summed E-state index contributed by atoms with van der Waals surface area (Å²) >= 11 is 8.71. The first kappa shape index (κ1) is 14.4. The van der Waals surface area contributed by atoms with Gasteiger partial charge in [-0.3, -0.25) is 4.57 Å². The number of para-hydroxylation sites is 1. The highest BCUT2D eigenvalue weighted by Gasteiger charge is 2.18. The first-order valence-electron chi connectivity index (χ1n) is 5.89. The monoisotopic (exact) mass is 374 g/mol. The predicted octanol–water partition coefficient (Wildman–Crippen LogP) is 4.94. The fourth-order valence-electron chi connectivity index (χ4n) is 2.16. The van der Waals surface area contributed by atoms with Gasteiger partial charge in [-0.25, -0.2) is 18.2 Å². The van der Waals surface area contributed by atoms with E-state index >= 15 is 0 Å². The molecule has 1 heterocycles. The molecule has 21 heavy (non-hydrogen) atoms. The van der Waals surface area contributed by atoms with Crippen LogP contribution in [0.2, 0.25) is 0 Å². The molecule has 0 N–H and O–H groups in total. The zero-order chi connectivity index (χ0) is 15.1. The summed E-state index contributed by atoms with van der Waals surface area (Å²) in [6, 6.07) is 6.31. The van der Waals surface area contributed by atoms with E-state index < -0.39 is 17.5 Å². The maximum absolute atomic E-state index is 14.2. The molecule has 0 unspecified atom stereocenters. The van der Waals surface area contributed by atoms with Gasteiger partial charge in [-0.05, 0) is 34.1 Å². The van der Waals surface area contributed by atoms with Crippen LogP contribution in [-0.2, 0) is 5.88 Å². The van der Waals surface area contributed by atoms with E-state index in [1.54, 1.807) is 6.07 Å². The molecule has 0 aliphatic rings. The van der Waals surface area contributed by atoms with Gasteiger partial charge < -0.3 is 0 Å². The van der Waals surface area contributed by atoms with Crippen molar-refractivity contribution in [2.45, 2.75) is 5.88 Å². The Morgan fingerprint density at radius 3 is 2.57 bits per heavy atom. The van der Waals surface area contributed by atoms with Gasteiger partial charge in [0.25, 0.3) is 0 Å². The largest absolute Gasteiger partial charge is 0.292 e. The lowest BCUT2D eigenvalue weighted by Gasteiger charge is -2.10. The van der Waals surface area contributed by atoms with Crippen LogP contribution in [0.25, 0.3) is 16.7 Å². The van der Waals surface area contributed by atoms with Crippen LogP contribution in [0.5, 0.6) is 0 Å². The van der Waals surface area contributed by atoms with Crippen LogP contribution in [0.15, 0.2) is 34.8 Å². The summed E-state index contributed by atoms with van der Waals surface area (Å²) in [4.78, 5) is 4.06. The lowest BCUT2D eigenvalue weighted by Crippen LogP contribution is -2.03. The van der Waals surface area contributed by atoms with E-state index in [-0.39, 0.29) is 27.4 Å². The minimum Gasteiger partial charge on any atom is -0.292 e. The molecule has 2 nitrogen and oxygen atoms in total. The molecule has 1 aromatic heterocycles. The SMILES string of the molecule is Fc1cc(-n2c(CCl)nc3c(F)cccc32)c(F)cc1Br. The minimum atomic E-state index is -0.668. The molecule has 0 atom stereocenters. The Morgan fingerprint density at radius 1 is 1.10 bits per heavy atom. The number of halogens is 5. The van der Waals surface area contributed by atoms with Crippen molar-refractivity contribution in [2.24, 2.45) is 0 Å². The van der Waals surface area contributed by atoms with Gasteiger partial charge in [0.2, 0.25) is 0 Å². The average molecular weight is 376 g/mol. The normalized spacial score (nSPS) is 11.3. The number of benzene rings is 2. The van der Waals surface area contributed by atoms with Crippen molar-refractivity contribution in [1.29, 1.82) is 0 Å².